The Morgan fingerprint density at radius 2 is 2.08 bits per heavy atom. The second-order valence-electron chi connectivity index (χ2n) is 10.7. The van der Waals surface area contributed by atoms with Crippen molar-refractivity contribution in [1.29, 1.82) is 0 Å². The zero-order chi connectivity index (χ0) is 27.7. The fourth-order valence-electron chi connectivity index (χ4n) is 5.45. The number of carbonyl (C=O) groups is 1. The highest BCUT2D eigenvalue weighted by molar-refractivity contribution is 5.97. The molecule has 1 saturated heterocycles. The predicted molar refractivity (Wildman–Crippen MR) is 153 cm³/mol. The maximum Gasteiger partial charge on any atom is 0.241 e. The number of aryl methyl sites for hydroxylation is 2. The van der Waals surface area contributed by atoms with E-state index in [1.54, 1.807) is 4.68 Å². The van der Waals surface area contributed by atoms with E-state index in [2.05, 4.69) is 51.3 Å². The number of fused-ring (bicyclic) bond motifs is 1. The van der Waals surface area contributed by atoms with Crippen LogP contribution >= 0.6 is 0 Å². The number of piperazine rings is 1. The quantitative estimate of drug-likeness (QED) is 0.478. The van der Waals surface area contributed by atoms with E-state index >= 15 is 0 Å². The Kier molecular flexibility index (Phi) is 7.81. The first-order valence-electron chi connectivity index (χ1n) is 13.8. The van der Waals surface area contributed by atoms with Crippen molar-refractivity contribution in [2.24, 2.45) is 7.05 Å². The molecule has 1 amide bonds. The van der Waals surface area contributed by atoms with Crippen molar-refractivity contribution in [1.82, 2.24) is 29.5 Å². The SMILES string of the molecule is CCOc1nn(C)cc1Cc1ncc(C)c(C2=CCc3c(NC(=O)[C@@H](C)N4CCN(C)[C@H](C)C4)cccc32)n1. The lowest BCUT2D eigenvalue weighted by atomic mass is 9.99. The maximum atomic E-state index is 13.3. The minimum absolute atomic E-state index is 0.0377. The minimum atomic E-state index is -0.188. The number of carbonyl (C=O) groups excluding carboxylic acids is 1. The number of hydrogen-bond acceptors (Lipinski definition) is 7. The molecule has 1 N–H and O–H groups in total. The summed E-state index contributed by atoms with van der Waals surface area (Å²) < 4.78 is 7.46. The first-order chi connectivity index (χ1) is 18.7. The van der Waals surface area contributed by atoms with E-state index in [0.717, 1.165) is 71.1 Å². The molecule has 2 atom stereocenters. The lowest BCUT2D eigenvalue weighted by Gasteiger charge is -2.40. The summed E-state index contributed by atoms with van der Waals surface area (Å²) in [5.41, 5.74) is 7.10. The summed E-state index contributed by atoms with van der Waals surface area (Å²) in [6, 6.07) is 6.38. The molecule has 1 aromatic carbocycles. The van der Waals surface area contributed by atoms with E-state index in [1.807, 2.05) is 52.3 Å². The van der Waals surface area contributed by atoms with Crippen molar-refractivity contribution in [3.05, 3.63) is 70.4 Å². The Morgan fingerprint density at radius 1 is 1.26 bits per heavy atom. The van der Waals surface area contributed by atoms with Crippen LogP contribution in [0.25, 0.3) is 5.57 Å². The van der Waals surface area contributed by atoms with E-state index in [1.165, 1.54) is 0 Å². The molecule has 206 valence electrons. The normalized spacial score (nSPS) is 18.5. The Hall–Kier alpha value is -3.56. The van der Waals surface area contributed by atoms with E-state index in [-0.39, 0.29) is 11.9 Å². The Labute approximate surface area is 230 Å². The number of nitrogens with zero attached hydrogens (tertiary/aromatic N) is 6. The minimum Gasteiger partial charge on any atom is -0.477 e. The number of ether oxygens (including phenoxy) is 1. The van der Waals surface area contributed by atoms with Crippen molar-refractivity contribution < 1.29 is 9.53 Å². The largest absolute Gasteiger partial charge is 0.477 e. The van der Waals surface area contributed by atoms with Gasteiger partial charge in [-0.25, -0.2) is 9.97 Å². The van der Waals surface area contributed by atoms with Gasteiger partial charge in [-0.2, -0.15) is 0 Å². The van der Waals surface area contributed by atoms with Gasteiger partial charge in [-0.15, -0.1) is 5.10 Å². The number of amides is 1. The fourth-order valence-corrected chi connectivity index (χ4v) is 5.45. The Morgan fingerprint density at radius 3 is 2.85 bits per heavy atom. The van der Waals surface area contributed by atoms with Crippen LogP contribution in [0, 0.1) is 6.92 Å². The molecule has 3 heterocycles. The van der Waals surface area contributed by atoms with Gasteiger partial charge in [0.2, 0.25) is 11.8 Å². The van der Waals surface area contributed by atoms with Gasteiger partial charge < -0.3 is 15.0 Å². The van der Waals surface area contributed by atoms with Crippen molar-refractivity contribution in [2.75, 3.05) is 38.6 Å². The number of benzene rings is 1. The Balaban J connectivity index is 1.35. The van der Waals surface area contributed by atoms with Crippen LogP contribution in [0.1, 0.15) is 54.5 Å². The average Bonchev–Trinajstić information content (AvgIpc) is 3.50. The van der Waals surface area contributed by atoms with E-state index < -0.39 is 0 Å². The number of aromatic nitrogens is 4. The molecule has 0 radical (unpaired) electrons. The van der Waals surface area contributed by atoms with Crippen LogP contribution in [0.15, 0.2) is 36.7 Å². The van der Waals surface area contributed by atoms with Gasteiger partial charge in [0.15, 0.2) is 0 Å². The molecule has 2 aromatic heterocycles. The van der Waals surface area contributed by atoms with Crippen LogP contribution in [0.3, 0.4) is 0 Å². The molecule has 0 spiro atoms. The predicted octanol–water partition coefficient (Wildman–Crippen LogP) is 3.46. The van der Waals surface area contributed by atoms with Gasteiger partial charge in [0.05, 0.1) is 18.3 Å². The molecule has 1 aliphatic carbocycles. The van der Waals surface area contributed by atoms with Crippen LogP contribution in [-0.4, -0.2) is 80.8 Å². The molecule has 0 bridgehead atoms. The summed E-state index contributed by atoms with van der Waals surface area (Å²) in [5.74, 6) is 1.38. The number of rotatable bonds is 8. The molecule has 9 nitrogen and oxygen atoms in total. The third-order valence-corrected chi connectivity index (χ3v) is 7.92. The average molecular weight is 530 g/mol. The zero-order valence-corrected chi connectivity index (χ0v) is 23.9. The summed E-state index contributed by atoms with van der Waals surface area (Å²) in [5, 5.41) is 7.65. The van der Waals surface area contributed by atoms with Crippen LogP contribution in [-0.2, 0) is 24.7 Å². The Bertz CT molecular complexity index is 1400. The van der Waals surface area contributed by atoms with Crippen molar-refractivity contribution >= 4 is 17.2 Å². The van der Waals surface area contributed by atoms with Crippen LogP contribution < -0.4 is 10.1 Å². The van der Waals surface area contributed by atoms with E-state index in [0.29, 0.717) is 24.9 Å². The molecule has 0 saturated carbocycles. The van der Waals surface area contributed by atoms with E-state index in [9.17, 15) is 4.79 Å². The van der Waals surface area contributed by atoms with Crippen LogP contribution in [0.4, 0.5) is 5.69 Å². The van der Waals surface area contributed by atoms with Crippen LogP contribution in [0.2, 0.25) is 0 Å². The van der Waals surface area contributed by atoms with E-state index in [4.69, 9.17) is 9.72 Å². The molecule has 2 aliphatic rings. The number of allylic oxidation sites excluding steroid dienone is 1. The monoisotopic (exact) mass is 529 g/mol. The smallest absolute Gasteiger partial charge is 0.241 e. The van der Waals surface area contributed by atoms with Gasteiger partial charge in [-0.05, 0) is 63.9 Å². The highest BCUT2D eigenvalue weighted by Crippen LogP contribution is 2.37. The molecular weight excluding hydrogens is 490 g/mol. The molecule has 3 aromatic rings. The molecular formula is C30H39N7O2. The summed E-state index contributed by atoms with van der Waals surface area (Å²) in [6.45, 7) is 11.5. The first kappa shape index (κ1) is 27.0. The fraction of sp³-hybridized carbons (Fsp3) is 0.467. The highest BCUT2D eigenvalue weighted by atomic mass is 16.5. The number of nitrogens with one attached hydrogen (secondary N) is 1. The molecule has 0 unspecified atom stereocenters. The molecule has 5 rings (SSSR count). The van der Waals surface area contributed by atoms with Gasteiger partial charge in [-0.3, -0.25) is 14.4 Å². The van der Waals surface area contributed by atoms with Gasteiger partial charge in [0, 0.05) is 68.4 Å². The topological polar surface area (TPSA) is 88.4 Å². The summed E-state index contributed by atoms with van der Waals surface area (Å²) in [7, 11) is 4.03. The number of likely N-dealkylation sites (N-methyl/N-ethyl adjacent to an activating group) is 1. The summed E-state index contributed by atoms with van der Waals surface area (Å²) >= 11 is 0. The molecule has 1 fully saturated rings. The first-order valence-corrected chi connectivity index (χ1v) is 13.8. The van der Waals surface area contributed by atoms with Gasteiger partial charge >= 0.3 is 0 Å². The van der Waals surface area contributed by atoms with Crippen molar-refractivity contribution in [3.63, 3.8) is 0 Å². The van der Waals surface area contributed by atoms with Crippen molar-refractivity contribution in [3.8, 4) is 5.88 Å². The maximum absolute atomic E-state index is 13.3. The standard InChI is InChI=1S/C30H39N7O2/c1-7-39-30-22(18-36(6)34-30)15-27-31-16-19(2)28(33-27)25-12-11-24-23(25)9-8-10-26(24)32-29(38)21(4)37-14-13-35(5)20(3)17-37/h8-10,12,16,18,20-21H,7,11,13-15,17H2,1-6H3,(H,32,38)/t20-,21-/m1/s1. The lowest BCUT2D eigenvalue weighted by Crippen LogP contribution is -2.55. The number of anilines is 1. The van der Waals surface area contributed by atoms with Gasteiger partial charge in [0.1, 0.15) is 5.82 Å². The zero-order valence-electron chi connectivity index (χ0n) is 23.9. The van der Waals surface area contributed by atoms with Gasteiger partial charge in [-0.1, -0.05) is 18.2 Å². The molecule has 9 heteroatoms. The number of hydrogen-bond donors (Lipinski definition) is 1. The lowest BCUT2D eigenvalue weighted by molar-refractivity contribution is -0.121. The summed E-state index contributed by atoms with van der Waals surface area (Å²) in [4.78, 5) is 27.5. The van der Waals surface area contributed by atoms with Crippen molar-refractivity contribution in [2.45, 2.75) is 52.6 Å². The second kappa shape index (κ2) is 11.3. The molecule has 39 heavy (non-hydrogen) atoms. The highest BCUT2D eigenvalue weighted by Gasteiger charge is 2.29. The third kappa shape index (κ3) is 5.60. The van der Waals surface area contributed by atoms with Crippen LogP contribution in [0.5, 0.6) is 5.88 Å². The van der Waals surface area contributed by atoms with Gasteiger partial charge in [0.25, 0.3) is 0 Å². The third-order valence-electron chi connectivity index (χ3n) is 7.92. The second-order valence-corrected chi connectivity index (χ2v) is 10.7. The summed E-state index contributed by atoms with van der Waals surface area (Å²) in [6.07, 6.45) is 7.33. The molecule has 1 aliphatic heterocycles.